The zero-order valence-electron chi connectivity index (χ0n) is 13.0. The first-order chi connectivity index (χ1) is 10.7. The van der Waals surface area contributed by atoms with E-state index in [1.807, 2.05) is 36.6 Å². The molecule has 1 heterocycles. The van der Waals surface area contributed by atoms with Gasteiger partial charge in [0, 0.05) is 24.5 Å². The van der Waals surface area contributed by atoms with Crippen LogP contribution in [0, 0.1) is 0 Å². The maximum absolute atomic E-state index is 12.1. The molecule has 6 heteroatoms. The van der Waals surface area contributed by atoms with Crippen molar-refractivity contribution in [1.82, 2.24) is 4.98 Å². The van der Waals surface area contributed by atoms with Crippen LogP contribution >= 0.6 is 11.3 Å². The molecule has 2 aromatic rings. The van der Waals surface area contributed by atoms with Gasteiger partial charge < -0.3 is 9.47 Å². The van der Waals surface area contributed by atoms with E-state index in [9.17, 15) is 4.79 Å². The van der Waals surface area contributed by atoms with Gasteiger partial charge in [-0.2, -0.15) is 0 Å². The van der Waals surface area contributed by atoms with Crippen LogP contribution in [0.25, 0.3) is 11.3 Å². The Balaban J connectivity index is 2.21. The largest absolute Gasteiger partial charge is 0.497 e. The summed E-state index contributed by atoms with van der Waals surface area (Å²) in [6.07, 6.45) is 0.446. The molecule has 0 unspecified atom stereocenters. The fourth-order valence-corrected chi connectivity index (χ4v) is 2.86. The van der Waals surface area contributed by atoms with Crippen molar-refractivity contribution in [2.24, 2.45) is 0 Å². The van der Waals surface area contributed by atoms with Crippen LogP contribution in [0.1, 0.15) is 13.3 Å². The maximum atomic E-state index is 12.1. The quantitative estimate of drug-likeness (QED) is 0.786. The second kappa shape index (κ2) is 7.91. The molecule has 1 amide bonds. The van der Waals surface area contributed by atoms with Crippen LogP contribution in [0.3, 0.4) is 0 Å². The fourth-order valence-electron chi connectivity index (χ4n) is 1.98. The highest BCUT2D eigenvalue weighted by atomic mass is 32.1. The zero-order valence-corrected chi connectivity index (χ0v) is 13.9. The first kappa shape index (κ1) is 16.5. The van der Waals surface area contributed by atoms with Gasteiger partial charge in [0.15, 0.2) is 5.13 Å². The minimum atomic E-state index is 0.0488. The molecule has 1 aromatic carbocycles. The van der Waals surface area contributed by atoms with E-state index in [0.29, 0.717) is 24.7 Å². The minimum Gasteiger partial charge on any atom is -0.497 e. The molecule has 2 rings (SSSR count). The molecule has 0 aliphatic rings. The molecule has 0 radical (unpaired) electrons. The summed E-state index contributed by atoms with van der Waals surface area (Å²) in [5.74, 6) is 0.856. The lowest BCUT2D eigenvalue weighted by Crippen LogP contribution is -2.33. The predicted molar refractivity (Wildman–Crippen MR) is 88.6 cm³/mol. The molecule has 0 fully saturated rings. The summed E-state index contributed by atoms with van der Waals surface area (Å²) in [6.45, 7) is 2.85. The summed E-state index contributed by atoms with van der Waals surface area (Å²) in [6, 6.07) is 7.71. The van der Waals surface area contributed by atoms with E-state index in [0.717, 1.165) is 17.0 Å². The van der Waals surface area contributed by atoms with Gasteiger partial charge in [0.1, 0.15) is 5.75 Å². The van der Waals surface area contributed by atoms with E-state index in [1.54, 1.807) is 19.1 Å². The minimum absolute atomic E-state index is 0.0488. The molecular formula is C16H20N2O3S. The van der Waals surface area contributed by atoms with E-state index < -0.39 is 0 Å². The molecule has 0 spiro atoms. The number of nitrogens with zero attached hydrogens (tertiary/aromatic N) is 2. The van der Waals surface area contributed by atoms with E-state index in [1.165, 1.54) is 11.3 Å². The third-order valence-corrected chi connectivity index (χ3v) is 4.09. The van der Waals surface area contributed by atoms with Gasteiger partial charge in [0.2, 0.25) is 5.91 Å². The summed E-state index contributed by atoms with van der Waals surface area (Å²) in [7, 11) is 3.26. The number of hydrogen-bond acceptors (Lipinski definition) is 5. The lowest BCUT2D eigenvalue weighted by molar-refractivity contribution is -0.118. The van der Waals surface area contributed by atoms with Crippen molar-refractivity contribution in [3.8, 4) is 17.0 Å². The van der Waals surface area contributed by atoms with Crippen molar-refractivity contribution in [1.29, 1.82) is 0 Å². The van der Waals surface area contributed by atoms with E-state index in [2.05, 4.69) is 4.98 Å². The Morgan fingerprint density at radius 3 is 2.59 bits per heavy atom. The number of rotatable bonds is 7. The summed E-state index contributed by atoms with van der Waals surface area (Å²) in [5.41, 5.74) is 1.85. The highest BCUT2D eigenvalue weighted by molar-refractivity contribution is 7.14. The van der Waals surface area contributed by atoms with E-state index in [-0.39, 0.29) is 5.91 Å². The number of benzene rings is 1. The highest BCUT2D eigenvalue weighted by Gasteiger charge is 2.17. The molecule has 5 nitrogen and oxygen atoms in total. The second-order valence-electron chi connectivity index (χ2n) is 4.64. The Hall–Kier alpha value is -1.92. The average Bonchev–Trinajstić information content (AvgIpc) is 3.04. The van der Waals surface area contributed by atoms with Gasteiger partial charge in [-0.15, -0.1) is 11.3 Å². The number of thiazole rings is 1. The van der Waals surface area contributed by atoms with Crippen LogP contribution in [0.2, 0.25) is 0 Å². The number of anilines is 1. The van der Waals surface area contributed by atoms with E-state index >= 15 is 0 Å². The number of carbonyl (C=O) groups excluding carboxylic acids is 1. The molecule has 0 bridgehead atoms. The van der Waals surface area contributed by atoms with Crippen molar-refractivity contribution in [2.75, 3.05) is 32.3 Å². The summed E-state index contributed by atoms with van der Waals surface area (Å²) in [5, 5.41) is 2.66. The smallest absolute Gasteiger partial charge is 0.228 e. The Morgan fingerprint density at radius 2 is 2.00 bits per heavy atom. The van der Waals surface area contributed by atoms with Crippen molar-refractivity contribution >= 4 is 22.4 Å². The van der Waals surface area contributed by atoms with Crippen LogP contribution in [-0.2, 0) is 9.53 Å². The topological polar surface area (TPSA) is 51.7 Å². The van der Waals surface area contributed by atoms with Crippen molar-refractivity contribution in [3.63, 3.8) is 0 Å². The lowest BCUT2D eigenvalue weighted by atomic mass is 10.2. The van der Waals surface area contributed by atoms with Gasteiger partial charge in [0.05, 0.1) is 26.0 Å². The molecule has 0 saturated heterocycles. The normalized spacial score (nSPS) is 10.5. The number of methoxy groups -OCH3 is 2. The predicted octanol–water partition coefficient (Wildman–Crippen LogP) is 3.21. The Labute approximate surface area is 134 Å². The molecule has 0 N–H and O–H groups in total. The third kappa shape index (κ3) is 3.84. The Morgan fingerprint density at radius 1 is 1.27 bits per heavy atom. The highest BCUT2D eigenvalue weighted by Crippen LogP contribution is 2.28. The molecule has 0 aliphatic carbocycles. The Kier molecular flexibility index (Phi) is 5.91. The number of carbonyl (C=O) groups is 1. The van der Waals surface area contributed by atoms with Gasteiger partial charge in [-0.3, -0.25) is 9.69 Å². The van der Waals surface area contributed by atoms with Crippen molar-refractivity contribution in [2.45, 2.75) is 13.3 Å². The number of hydrogen-bond donors (Lipinski definition) is 0. The van der Waals surface area contributed by atoms with Gasteiger partial charge in [-0.1, -0.05) is 6.92 Å². The molecular weight excluding hydrogens is 300 g/mol. The SMILES string of the molecule is CCC(=O)N(CCOC)c1nc(-c2ccc(OC)cc2)cs1. The molecule has 0 atom stereocenters. The van der Waals surface area contributed by atoms with Crippen LogP contribution in [0.4, 0.5) is 5.13 Å². The lowest BCUT2D eigenvalue weighted by Gasteiger charge is -2.18. The Bertz CT molecular complexity index is 610. The van der Waals surface area contributed by atoms with Gasteiger partial charge in [-0.25, -0.2) is 4.98 Å². The zero-order chi connectivity index (χ0) is 15.9. The summed E-state index contributed by atoms with van der Waals surface area (Å²) in [4.78, 5) is 18.3. The van der Waals surface area contributed by atoms with Crippen LogP contribution in [-0.4, -0.2) is 38.3 Å². The van der Waals surface area contributed by atoms with E-state index in [4.69, 9.17) is 9.47 Å². The van der Waals surface area contributed by atoms with Crippen LogP contribution in [0.15, 0.2) is 29.6 Å². The van der Waals surface area contributed by atoms with Crippen molar-refractivity contribution in [3.05, 3.63) is 29.6 Å². The molecule has 0 saturated carbocycles. The fraction of sp³-hybridized carbons (Fsp3) is 0.375. The summed E-state index contributed by atoms with van der Waals surface area (Å²) < 4.78 is 10.2. The number of ether oxygens (including phenoxy) is 2. The second-order valence-corrected chi connectivity index (χ2v) is 5.47. The molecule has 22 heavy (non-hydrogen) atoms. The van der Waals surface area contributed by atoms with Gasteiger partial charge >= 0.3 is 0 Å². The van der Waals surface area contributed by atoms with Crippen molar-refractivity contribution < 1.29 is 14.3 Å². The molecule has 118 valence electrons. The standard InChI is InChI=1S/C16H20N2O3S/c1-4-15(19)18(9-10-20-2)16-17-14(11-22-16)12-5-7-13(21-3)8-6-12/h5-8,11H,4,9-10H2,1-3H3. The first-order valence-corrected chi connectivity index (χ1v) is 7.96. The third-order valence-electron chi connectivity index (χ3n) is 3.23. The maximum Gasteiger partial charge on any atom is 0.228 e. The summed E-state index contributed by atoms with van der Waals surface area (Å²) >= 11 is 1.46. The molecule has 0 aliphatic heterocycles. The number of amides is 1. The first-order valence-electron chi connectivity index (χ1n) is 7.08. The van der Waals surface area contributed by atoms with Gasteiger partial charge in [0.25, 0.3) is 0 Å². The average molecular weight is 320 g/mol. The van der Waals surface area contributed by atoms with Crippen LogP contribution in [0.5, 0.6) is 5.75 Å². The van der Waals surface area contributed by atoms with Crippen LogP contribution < -0.4 is 9.64 Å². The van der Waals surface area contributed by atoms with Gasteiger partial charge in [-0.05, 0) is 24.3 Å². The molecule has 1 aromatic heterocycles. The monoisotopic (exact) mass is 320 g/mol. The number of aromatic nitrogens is 1.